The second-order valence-electron chi connectivity index (χ2n) is 9.36. The molecular weight excluding hydrogens is 519 g/mol. The molecule has 0 bridgehead atoms. The minimum atomic E-state index is -0.449. The highest BCUT2D eigenvalue weighted by Gasteiger charge is 2.33. The van der Waals surface area contributed by atoms with Gasteiger partial charge in [-0.15, -0.1) is 0 Å². The van der Waals surface area contributed by atoms with Crippen LogP contribution in [0.25, 0.3) is 11.3 Å². The van der Waals surface area contributed by atoms with Gasteiger partial charge in [0, 0.05) is 51.7 Å². The van der Waals surface area contributed by atoms with Crippen molar-refractivity contribution in [2.45, 2.75) is 18.6 Å². The molecule has 4 aromatic rings. The Morgan fingerprint density at radius 3 is 2.69 bits per heavy atom. The van der Waals surface area contributed by atoms with Gasteiger partial charge in [0.05, 0.1) is 36.7 Å². The van der Waals surface area contributed by atoms with E-state index in [9.17, 15) is 4.79 Å². The van der Waals surface area contributed by atoms with Crippen LogP contribution in [0.5, 0.6) is 5.75 Å². The van der Waals surface area contributed by atoms with Crippen LogP contribution in [0.1, 0.15) is 27.0 Å². The van der Waals surface area contributed by atoms with E-state index >= 15 is 4.39 Å². The second-order valence-corrected chi connectivity index (χ2v) is 9.79. The average Bonchev–Trinajstić information content (AvgIpc) is 3.08. The van der Waals surface area contributed by atoms with Crippen molar-refractivity contribution in [2.75, 3.05) is 19.0 Å². The van der Waals surface area contributed by atoms with Crippen LogP contribution in [-0.4, -0.2) is 47.2 Å². The zero-order valence-corrected chi connectivity index (χ0v) is 21.7. The summed E-state index contributed by atoms with van der Waals surface area (Å²) < 4.78 is 20.5. The molecule has 0 aliphatic carbocycles. The average molecular weight is 543 g/mol. The fraction of sp³-hybridized carbons (Fsp3) is 0.172. The molecule has 8 nitrogen and oxygen atoms in total. The molecule has 2 aliphatic heterocycles. The van der Waals surface area contributed by atoms with Crippen LogP contribution < -0.4 is 21.1 Å². The van der Waals surface area contributed by atoms with Gasteiger partial charge in [-0.2, -0.15) is 0 Å². The minimum absolute atomic E-state index is 0.0286. The highest BCUT2D eigenvalue weighted by atomic mass is 35.5. The highest BCUT2D eigenvalue weighted by Crippen LogP contribution is 2.36. The molecule has 1 aromatic heterocycles. The number of anilines is 2. The molecule has 2 aliphatic rings. The lowest BCUT2D eigenvalue weighted by molar-refractivity contribution is 0.0884. The van der Waals surface area contributed by atoms with Crippen LogP contribution in [0.3, 0.4) is 0 Å². The molecule has 0 spiro atoms. The molecule has 2 atom stereocenters. The van der Waals surface area contributed by atoms with Gasteiger partial charge in [-0.05, 0) is 48.5 Å². The Hall–Kier alpha value is -4.18. The zero-order valence-electron chi connectivity index (χ0n) is 20.9. The van der Waals surface area contributed by atoms with Crippen LogP contribution in [0.2, 0.25) is 5.02 Å². The van der Waals surface area contributed by atoms with Gasteiger partial charge in [0.2, 0.25) is 5.95 Å². The van der Waals surface area contributed by atoms with Crippen molar-refractivity contribution in [3.8, 4) is 17.0 Å². The molecule has 10 heteroatoms. The molecule has 4 N–H and O–H groups in total. The molecule has 2 unspecified atom stereocenters. The van der Waals surface area contributed by atoms with E-state index in [1.165, 1.54) is 13.2 Å². The first-order chi connectivity index (χ1) is 18.9. The molecule has 39 heavy (non-hydrogen) atoms. The third kappa shape index (κ3) is 4.65. The predicted octanol–water partition coefficient (Wildman–Crippen LogP) is 4.52. The molecule has 196 valence electrons. The molecule has 3 aromatic carbocycles. The molecule has 6 rings (SSSR count). The van der Waals surface area contributed by atoms with Crippen molar-refractivity contribution in [3.05, 3.63) is 100.0 Å². The third-order valence-electron chi connectivity index (χ3n) is 6.91. The van der Waals surface area contributed by atoms with Crippen molar-refractivity contribution in [3.63, 3.8) is 0 Å². The Morgan fingerprint density at radius 1 is 1.15 bits per heavy atom. The number of aliphatic imine (C=N–C) groups is 1. The van der Waals surface area contributed by atoms with Crippen LogP contribution in [-0.2, 0) is 6.54 Å². The van der Waals surface area contributed by atoms with Gasteiger partial charge in [-0.3, -0.25) is 9.79 Å². The lowest BCUT2D eigenvalue weighted by atomic mass is 9.92. The van der Waals surface area contributed by atoms with E-state index in [1.807, 2.05) is 6.07 Å². The summed E-state index contributed by atoms with van der Waals surface area (Å²) in [5.74, 6) is 0.258. The van der Waals surface area contributed by atoms with Crippen molar-refractivity contribution in [1.82, 2.24) is 15.3 Å². The molecule has 0 amide bonds. The number of hydrogen-bond acceptors (Lipinski definition) is 8. The maximum absolute atomic E-state index is 15.1. The van der Waals surface area contributed by atoms with Crippen LogP contribution in [0.15, 0.2) is 71.9 Å². The van der Waals surface area contributed by atoms with Crippen LogP contribution in [0, 0.1) is 5.82 Å². The molecule has 3 heterocycles. The number of halogens is 2. The van der Waals surface area contributed by atoms with E-state index in [1.54, 1.807) is 54.7 Å². The Kier molecular flexibility index (Phi) is 6.56. The summed E-state index contributed by atoms with van der Waals surface area (Å²) in [6, 6.07) is 16.6. The van der Waals surface area contributed by atoms with E-state index < -0.39 is 5.82 Å². The summed E-state index contributed by atoms with van der Waals surface area (Å²) in [5.41, 5.74) is 10.7. The number of nitrogens with zero attached hydrogens (tertiary/aromatic N) is 3. The Morgan fingerprint density at radius 2 is 1.97 bits per heavy atom. The van der Waals surface area contributed by atoms with Crippen molar-refractivity contribution in [2.24, 2.45) is 10.7 Å². The number of benzene rings is 3. The standard InChI is InChI=1S/C29H24ClFN6O2/c1-39-23-4-2-3-21(31)24(23)26-20-11-17(30)7-10-19(20)25-16(12-33-26)13-35-29(37-25)36-18-8-5-15(6-9-18)28(38)27-22(32)14-34-27/h2-11,13,22,27,34H,12,14,32H2,1H3,(H,35,36,37). The number of ether oxygens (including phenoxy) is 1. The van der Waals surface area contributed by atoms with Crippen LogP contribution >= 0.6 is 11.6 Å². The van der Waals surface area contributed by atoms with Gasteiger partial charge in [0.15, 0.2) is 5.78 Å². The summed E-state index contributed by atoms with van der Waals surface area (Å²) in [6.07, 6.45) is 1.70. The van der Waals surface area contributed by atoms with Gasteiger partial charge in [0.25, 0.3) is 0 Å². The molecule has 0 radical (unpaired) electrons. The smallest absolute Gasteiger partial charge is 0.227 e. The van der Waals surface area contributed by atoms with E-state index in [-0.39, 0.29) is 30.0 Å². The van der Waals surface area contributed by atoms with Crippen molar-refractivity contribution >= 4 is 34.7 Å². The molecule has 1 saturated heterocycles. The first kappa shape index (κ1) is 25.1. The first-order valence-corrected chi connectivity index (χ1v) is 12.7. The topological polar surface area (TPSA) is 115 Å². The van der Waals surface area contributed by atoms with Gasteiger partial charge >= 0.3 is 0 Å². The summed E-state index contributed by atoms with van der Waals surface area (Å²) in [7, 11) is 1.49. The lowest BCUT2D eigenvalue weighted by Crippen LogP contribution is -2.65. The number of rotatable bonds is 6. The van der Waals surface area contributed by atoms with Crippen molar-refractivity contribution < 1.29 is 13.9 Å². The number of carbonyl (C=O) groups excluding carboxylic acids is 1. The lowest BCUT2D eigenvalue weighted by Gasteiger charge is -2.33. The number of fused-ring (bicyclic) bond motifs is 3. The minimum Gasteiger partial charge on any atom is -0.496 e. The van der Waals surface area contributed by atoms with Gasteiger partial charge in [-0.1, -0.05) is 23.7 Å². The van der Waals surface area contributed by atoms with Crippen LogP contribution in [0.4, 0.5) is 16.0 Å². The number of carbonyl (C=O) groups is 1. The Balaban J connectivity index is 1.34. The first-order valence-electron chi connectivity index (χ1n) is 12.4. The predicted molar refractivity (Wildman–Crippen MR) is 149 cm³/mol. The van der Waals surface area contributed by atoms with E-state index in [0.29, 0.717) is 45.8 Å². The van der Waals surface area contributed by atoms with E-state index in [4.69, 9.17) is 32.0 Å². The summed E-state index contributed by atoms with van der Waals surface area (Å²) in [5, 5.41) is 6.75. The number of hydrogen-bond donors (Lipinski definition) is 3. The number of Topliss-reactive ketones (excluding diaryl/α,β-unsaturated/α-hetero) is 1. The maximum atomic E-state index is 15.1. The summed E-state index contributed by atoms with van der Waals surface area (Å²) in [4.78, 5) is 26.6. The van der Waals surface area contributed by atoms with Gasteiger partial charge in [-0.25, -0.2) is 14.4 Å². The van der Waals surface area contributed by atoms with E-state index in [0.717, 1.165) is 16.8 Å². The molecule has 0 saturated carbocycles. The SMILES string of the molecule is COc1cccc(F)c1C1=NCc2cnc(Nc3ccc(C(=O)C4NCC4N)cc3)nc2-c2ccc(Cl)cc21. The number of nitrogens with one attached hydrogen (secondary N) is 2. The molecule has 1 fully saturated rings. The number of aromatic nitrogens is 2. The largest absolute Gasteiger partial charge is 0.496 e. The normalized spacial score (nSPS) is 17.7. The monoisotopic (exact) mass is 542 g/mol. The zero-order chi connectivity index (χ0) is 27.1. The number of ketones is 1. The van der Waals surface area contributed by atoms with E-state index in [2.05, 4.69) is 15.6 Å². The maximum Gasteiger partial charge on any atom is 0.227 e. The Labute approximate surface area is 229 Å². The van der Waals surface area contributed by atoms with Crippen molar-refractivity contribution in [1.29, 1.82) is 0 Å². The quantitative estimate of drug-likeness (QED) is 0.307. The third-order valence-corrected chi connectivity index (χ3v) is 7.14. The fourth-order valence-corrected chi connectivity index (χ4v) is 4.96. The molecular formula is C29H24ClFN6O2. The summed E-state index contributed by atoms with van der Waals surface area (Å²) >= 11 is 6.38. The number of methoxy groups -OCH3 is 1. The van der Waals surface area contributed by atoms with Gasteiger partial charge in [0.1, 0.15) is 11.6 Å². The highest BCUT2D eigenvalue weighted by molar-refractivity contribution is 6.31. The number of nitrogens with two attached hydrogens (primary N) is 1. The Bertz CT molecular complexity index is 1630. The van der Waals surface area contributed by atoms with Gasteiger partial charge < -0.3 is 21.1 Å². The fourth-order valence-electron chi connectivity index (χ4n) is 4.79. The summed E-state index contributed by atoms with van der Waals surface area (Å²) in [6.45, 7) is 0.879. The second kappa shape index (κ2) is 10.2.